The van der Waals surface area contributed by atoms with Crippen LogP contribution in [0.15, 0.2) is 23.1 Å². The third-order valence-corrected chi connectivity index (χ3v) is 6.96. The zero-order chi connectivity index (χ0) is 25.3. The van der Waals surface area contributed by atoms with Gasteiger partial charge in [0.15, 0.2) is 0 Å². The largest absolute Gasteiger partial charge is 0.478 e. The highest BCUT2D eigenvalue weighted by molar-refractivity contribution is 7.86. The van der Waals surface area contributed by atoms with Crippen LogP contribution in [0, 0.1) is 0 Å². The van der Waals surface area contributed by atoms with Crippen LogP contribution in [0.5, 0.6) is 0 Å². The minimum absolute atomic E-state index is 0.789. The highest BCUT2D eigenvalue weighted by Gasteiger charge is 2.27. The fourth-order valence-corrected chi connectivity index (χ4v) is 4.82. The SMILES string of the molecule is CCCCCCCCCCCC(P)CCCC.O=C(O)c1cccc(C(=O)O)c1S(=O)(=O)O. The van der Waals surface area contributed by atoms with E-state index in [4.69, 9.17) is 14.8 Å². The van der Waals surface area contributed by atoms with Crippen molar-refractivity contribution in [1.29, 1.82) is 0 Å². The van der Waals surface area contributed by atoms with Gasteiger partial charge >= 0.3 is 11.9 Å². The van der Waals surface area contributed by atoms with Gasteiger partial charge < -0.3 is 10.2 Å². The van der Waals surface area contributed by atoms with Gasteiger partial charge in [0.1, 0.15) is 4.90 Å². The van der Waals surface area contributed by atoms with Crippen molar-refractivity contribution in [3.8, 4) is 0 Å². The molecule has 1 aromatic carbocycles. The van der Waals surface area contributed by atoms with Gasteiger partial charge in [-0.3, -0.25) is 4.55 Å². The van der Waals surface area contributed by atoms with Gasteiger partial charge in [0.2, 0.25) is 0 Å². The van der Waals surface area contributed by atoms with Crippen LogP contribution in [0.3, 0.4) is 0 Å². The summed E-state index contributed by atoms with van der Waals surface area (Å²) in [4.78, 5) is 20.2. The molecule has 0 heterocycles. The molecule has 9 heteroatoms. The number of carbonyl (C=O) groups is 2. The summed E-state index contributed by atoms with van der Waals surface area (Å²) in [6.07, 6.45) is 18.7. The van der Waals surface area contributed by atoms with E-state index in [1.165, 1.54) is 83.5 Å². The third kappa shape index (κ3) is 14.4. The van der Waals surface area contributed by atoms with Crippen molar-refractivity contribution in [2.75, 3.05) is 0 Å². The van der Waals surface area contributed by atoms with Crippen molar-refractivity contribution in [2.45, 2.75) is 108 Å². The minimum atomic E-state index is -4.92. The molecule has 0 aliphatic rings. The molecule has 1 rings (SSSR count). The maximum atomic E-state index is 10.9. The van der Waals surface area contributed by atoms with E-state index in [0.29, 0.717) is 0 Å². The van der Waals surface area contributed by atoms with E-state index in [0.717, 1.165) is 23.9 Å². The van der Waals surface area contributed by atoms with E-state index >= 15 is 0 Å². The number of rotatable bonds is 16. The van der Waals surface area contributed by atoms with Crippen LogP contribution in [0.1, 0.15) is 118 Å². The Balaban J connectivity index is 0.000000621. The molecule has 33 heavy (non-hydrogen) atoms. The molecule has 0 aromatic heterocycles. The molecule has 0 aliphatic carbocycles. The lowest BCUT2D eigenvalue weighted by Gasteiger charge is -2.09. The predicted octanol–water partition coefficient (Wildman–Crippen LogP) is 6.67. The van der Waals surface area contributed by atoms with Crippen LogP contribution in [0.25, 0.3) is 0 Å². The van der Waals surface area contributed by atoms with E-state index in [1.807, 2.05) is 0 Å². The van der Waals surface area contributed by atoms with Gasteiger partial charge in [-0.05, 0) is 30.6 Å². The molecular weight excluding hydrogens is 463 g/mol. The Morgan fingerprint density at radius 1 is 0.788 bits per heavy atom. The molecule has 0 saturated heterocycles. The first-order chi connectivity index (χ1) is 15.6. The molecule has 1 aromatic rings. The molecule has 0 spiro atoms. The van der Waals surface area contributed by atoms with Crippen molar-refractivity contribution in [1.82, 2.24) is 0 Å². The molecule has 0 bridgehead atoms. The highest BCUT2D eigenvalue weighted by Crippen LogP contribution is 2.21. The fraction of sp³-hybridized carbons (Fsp3) is 0.667. The Morgan fingerprint density at radius 2 is 1.18 bits per heavy atom. The summed E-state index contributed by atoms with van der Waals surface area (Å²) in [6.45, 7) is 4.58. The first-order valence-corrected chi connectivity index (χ1v) is 14.0. The Bertz CT molecular complexity index is 777. The fourth-order valence-electron chi connectivity index (χ4n) is 3.48. The molecule has 0 aliphatic heterocycles. The topological polar surface area (TPSA) is 129 Å². The summed E-state index contributed by atoms with van der Waals surface area (Å²) in [5.41, 5.74) is -0.690. The number of benzene rings is 1. The first kappa shape index (κ1) is 31.5. The van der Waals surface area contributed by atoms with E-state index in [2.05, 4.69) is 23.1 Å². The standard InChI is InChI=1S/C16H35P.C8H6O7S/c1-3-5-7-8-9-10-11-12-13-15-16(17)14-6-4-2;9-7(10)4-2-1-3-5(8(11)12)6(4)16(13,14)15/h16H,3-15,17H2,1-2H3;1-3H,(H,9,10)(H,11,12)(H,13,14,15). The lowest BCUT2D eigenvalue weighted by molar-refractivity contribution is 0.0688. The van der Waals surface area contributed by atoms with Crippen molar-refractivity contribution in [3.05, 3.63) is 29.3 Å². The lowest BCUT2D eigenvalue weighted by atomic mass is 10.0. The zero-order valence-corrected chi connectivity index (χ0v) is 21.9. The molecule has 0 saturated carbocycles. The molecule has 2 unspecified atom stereocenters. The quantitative estimate of drug-likeness (QED) is 0.130. The minimum Gasteiger partial charge on any atom is -0.478 e. The lowest BCUT2D eigenvalue weighted by Crippen LogP contribution is -2.14. The number of hydrogen-bond donors (Lipinski definition) is 3. The summed E-state index contributed by atoms with van der Waals surface area (Å²) in [6, 6.07) is 2.84. The monoisotopic (exact) mass is 504 g/mol. The maximum Gasteiger partial charge on any atom is 0.337 e. The van der Waals surface area contributed by atoms with Crippen LogP contribution < -0.4 is 0 Å². The number of carboxylic acid groups (broad SMARTS) is 2. The number of carboxylic acids is 2. The van der Waals surface area contributed by atoms with Crippen LogP contribution >= 0.6 is 9.24 Å². The van der Waals surface area contributed by atoms with Crippen molar-refractivity contribution in [2.24, 2.45) is 0 Å². The van der Waals surface area contributed by atoms with Gasteiger partial charge in [0, 0.05) is 0 Å². The second kappa shape index (κ2) is 17.9. The second-order valence-corrected chi connectivity index (χ2v) is 10.6. The highest BCUT2D eigenvalue weighted by atomic mass is 32.2. The second-order valence-electron chi connectivity index (χ2n) is 8.29. The van der Waals surface area contributed by atoms with E-state index < -0.39 is 38.1 Å². The smallest absolute Gasteiger partial charge is 0.337 e. The average Bonchev–Trinajstić information content (AvgIpc) is 2.75. The number of aromatic carboxylic acids is 2. The van der Waals surface area contributed by atoms with E-state index in [9.17, 15) is 18.0 Å². The van der Waals surface area contributed by atoms with Crippen LogP contribution in [-0.2, 0) is 10.1 Å². The Morgan fingerprint density at radius 3 is 1.58 bits per heavy atom. The molecule has 7 nitrogen and oxygen atoms in total. The van der Waals surface area contributed by atoms with Gasteiger partial charge in [-0.1, -0.05) is 90.5 Å². The first-order valence-electron chi connectivity index (χ1n) is 11.9. The van der Waals surface area contributed by atoms with Crippen LogP contribution in [0.4, 0.5) is 0 Å². The molecule has 2 atom stereocenters. The molecule has 0 amide bonds. The zero-order valence-electron chi connectivity index (χ0n) is 20.0. The van der Waals surface area contributed by atoms with Gasteiger partial charge in [-0.2, -0.15) is 8.42 Å². The molecular formula is C24H41O7PS. The molecule has 190 valence electrons. The van der Waals surface area contributed by atoms with Gasteiger partial charge in [-0.25, -0.2) is 9.59 Å². The average molecular weight is 505 g/mol. The summed E-state index contributed by atoms with van der Waals surface area (Å²) >= 11 is 0. The molecule has 3 N–H and O–H groups in total. The summed E-state index contributed by atoms with van der Waals surface area (Å²) in [5.74, 6) is -3.29. The van der Waals surface area contributed by atoms with E-state index in [1.54, 1.807) is 0 Å². The number of unbranched alkanes of at least 4 members (excludes halogenated alkanes) is 9. The summed E-state index contributed by atoms with van der Waals surface area (Å²) in [5, 5.41) is 17.3. The van der Waals surface area contributed by atoms with Gasteiger partial charge in [0.25, 0.3) is 10.1 Å². The van der Waals surface area contributed by atoms with Gasteiger partial charge in [0.05, 0.1) is 11.1 Å². The maximum absolute atomic E-state index is 10.9. The van der Waals surface area contributed by atoms with Gasteiger partial charge in [-0.15, -0.1) is 9.24 Å². The Kier molecular flexibility index (Phi) is 17.1. The normalized spacial score (nSPS) is 12.0. The summed E-state index contributed by atoms with van der Waals surface area (Å²) < 4.78 is 30.6. The van der Waals surface area contributed by atoms with Crippen LogP contribution in [0.2, 0.25) is 0 Å². The molecule has 0 fully saturated rings. The predicted molar refractivity (Wildman–Crippen MR) is 135 cm³/mol. The number of hydrogen-bond acceptors (Lipinski definition) is 4. The summed E-state index contributed by atoms with van der Waals surface area (Å²) in [7, 11) is -1.88. The van der Waals surface area contributed by atoms with Crippen molar-refractivity contribution < 1.29 is 32.8 Å². The van der Waals surface area contributed by atoms with Crippen LogP contribution in [-0.4, -0.2) is 40.8 Å². The van der Waals surface area contributed by atoms with E-state index in [-0.39, 0.29) is 0 Å². The van der Waals surface area contributed by atoms with Crippen molar-refractivity contribution >= 4 is 31.3 Å². The van der Waals surface area contributed by atoms with Crippen molar-refractivity contribution in [3.63, 3.8) is 0 Å². The Hall–Kier alpha value is -1.50. The molecule has 0 radical (unpaired) electrons. The third-order valence-electron chi connectivity index (χ3n) is 5.34. The Labute approximate surface area is 201 Å².